The molecule has 3 rings (SSSR count). The number of methoxy groups -OCH3 is 2. The Kier molecular flexibility index (Phi) is 5.74. The van der Waals surface area contributed by atoms with Crippen molar-refractivity contribution < 1.29 is 27.1 Å². The molecule has 0 aliphatic carbocycles. The molecule has 1 aliphatic rings. The number of furan rings is 1. The van der Waals surface area contributed by atoms with Crippen LogP contribution in [0.5, 0.6) is 11.5 Å². The van der Waals surface area contributed by atoms with Gasteiger partial charge in [0.15, 0.2) is 21.3 Å². The monoisotopic (exact) mass is 393 g/mol. The van der Waals surface area contributed by atoms with Gasteiger partial charge in [0, 0.05) is 13.1 Å². The van der Waals surface area contributed by atoms with Gasteiger partial charge < -0.3 is 18.8 Å². The molecule has 2 heterocycles. The minimum absolute atomic E-state index is 0.109. The van der Waals surface area contributed by atoms with Gasteiger partial charge in [-0.1, -0.05) is 6.07 Å². The van der Waals surface area contributed by atoms with E-state index in [9.17, 15) is 13.2 Å². The first-order chi connectivity index (χ1) is 13.0. The Morgan fingerprint density at radius 2 is 1.89 bits per heavy atom. The molecule has 0 N–H and O–H groups in total. The molecular formula is C19H23NO6S. The van der Waals surface area contributed by atoms with Gasteiger partial charge in [0.05, 0.1) is 31.3 Å². The van der Waals surface area contributed by atoms with E-state index in [1.54, 1.807) is 35.2 Å². The van der Waals surface area contributed by atoms with E-state index in [2.05, 4.69) is 0 Å². The molecule has 146 valence electrons. The molecule has 0 bridgehead atoms. The summed E-state index contributed by atoms with van der Waals surface area (Å²) in [6, 6.07) is 8.47. The number of ether oxygens (including phenoxy) is 2. The molecule has 2 aromatic rings. The van der Waals surface area contributed by atoms with Gasteiger partial charge in [-0.25, -0.2) is 8.42 Å². The molecule has 1 amide bonds. The van der Waals surface area contributed by atoms with Gasteiger partial charge in [0.25, 0.3) is 5.91 Å². The maximum Gasteiger partial charge on any atom is 0.257 e. The first kappa shape index (κ1) is 19.3. The highest BCUT2D eigenvalue weighted by atomic mass is 32.2. The number of benzene rings is 1. The predicted octanol–water partition coefficient (Wildman–Crippen LogP) is 2.52. The van der Waals surface area contributed by atoms with E-state index >= 15 is 0 Å². The van der Waals surface area contributed by atoms with Crippen molar-refractivity contribution in [3.63, 3.8) is 0 Å². The van der Waals surface area contributed by atoms with Crippen LogP contribution in [0.3, 0.4) is 0 Å². The second kappa shape index (κ2) is 8.04. The molecule has 8 heteroatoms. The fourth-order valence-corrected chi connectivity index (χ4v) is 5.08. The van der Waals surface area contributed by atoms with Gasteiger partial charge in [-0.2, -0.15) is 0 Å². The quantitative estimate of drug-likeness (QED) is 0.750. The number of nitrogens with zero attached hydrogens (tertiary/aromatic N) is 1. The van der Waals surface area contributed by atoms with Crippen LogP contribution in [0.2, 0.25) is 0 Å². The summed E-state index contributed by atoms with van der Waals surface area (Å²) in [7, 11) is -0.316. The lowest BCUT2D eigenvalue weighted by atomic mass is 10.1. The largest absolute Gasteiger partial charge is 0.493 e. The zero-order valence-electron chi connectivity index (χ0n) is 15.4. The normalized spacial score (nSPS) is 15.6. The predicted molar refractivity (Wildman–Crippen MR) is 99.8 cm³/mol. The molecule has 1 fully saturated rings. The highest BCUT2D eigenvalue weighted by Gasteiger charge is 2.33. The fraction of sp³-hybridized carbons (Fsp3) is 0.421. The summed E-state index contributed by atoms with van der Waals surface area (Å²) in [5.74, 6) is 1.02. The van der Waals surface area contributed by atoms with E-state index in [1.165, 1.54) is 20.5 Å². The molecule has 7 nitrogen and oxygen atoms in total. The van der Waals surface area contributed by atoms with Crippen LogP contribution >= 0.6 is 0 Å². The van der Waals surface area contributed by atoms with E-state index in [1.807, 2.05) is 0 Å². The van der Waals surface area contributed by atoms with Crippen LogP contribution in [0.25, 0.3) is 0 Å². The maximum absolute atomic E-state index is 12.9. The minimum Gasteiger partial charge on any atom is -0.493 e. The number of para-hydroxylation sites is 1. The van der Waals surface area contributed by atoms with Crippen LogP contribution in [0, 0.1) is 0 Å². The van der Waals surface area contributed by atoms with Crippen LogP contribution in [0.4, 0.5) is 0 Å². The number of sulfone groups is 1. The summed E-state index contributed by atoms with van der Waals surface area (Å²) in [5.41, 5.74) is 0.411. The number of amides is 1. The average molecular weight is 393 g/mol. The van der Waals surface area contributed by atoms with Gasteiger partial charge in [-0.15, -0.1) is 0 Å². The summed E-state index contributed by atoms with van der Waals surface area (Å²) in [6.07, 6.45) is 2.27. The SMILES string of the molecule is COc1cccc(C(=O)N2CCC(S(=O)(=O)Cc3ccco3)CC2)c1OC. The molecule has 0 spiro atoms. The number of carbonyl (C=O) groups is 1. The third-order valence-electron chi connectivity index (χ3n) is 4.79. The molecule has 1 saturated heterocycles. The van der Waals surface area contributed by atoms with Gasteiger partial charge >= 0.3 is 0 Å². The number of rotatable bonds is 6. The summed E-state index contributed by atoms with van der Waals surface area (Å²) in [5, 5.41) is -0.473. The van der Waals surface area contributed by atoms with Crippen molar-refractivity contribution in [1.29, 1.82) is 0 Å². The summed E-state index contributed by atoms with van der Waals surface area (Å²) in [4.78, 5) is 14.5. The zero-order chi connectivity index (χ0) is 19.4. The highest BCUT2D eigenvalue weighted by Crippen LogP contribution is 2.32. The van der Waals surface area contributed by atoms with Crippen molar-refractivity contribution in [1.82, 2.24) is 4.90 Å². The minimum atomic E-state index is -3.32. The Balaban J connectivity index is 1.68. The lowest BCUT2D eigenvalue weighted by Crippen LogP contribution is -2.42. The topological polar surface area (TPSA) is 86.0 Å². The second-order valence-corrected chi connectivity index (χ2v) is 8.70. The van der Waals surface area contributed by atoms with Gasteiger partial charge in [0.1, 0.15) is 11.5 Å². The molecule has 1 aromatic carbocycles. The maximum atomic E-state index is 12.9. The number of hydrogen-bond donors (Lipinski definition) is 0. The molecular weight excluding hydrogens is 370 g/mol. The van der Waals surface area contributed by atoms with Crippen molar-refractivity contribution in [2.45, 2.75) is 23.8 Å². The van der Waals surface area contributed by atoms with Crippen molar-refractivity contribution in [2.75, 3.05) is 27.3 Å². The smallest absolute Gasteiger partial charge is 0.257 e. The standard InChI is InChI=1S/C19H23NO6S/c1-24-17-7-3-6-16(18(17)25-2)19(21)20-10-8-15(9-11-20)27(22,23)13-14-5-4-12-26-14/h3-7,12,15H,8-11,13H2,1-2H3. The molecule has 0 unspecified atom stereocenters. The molecule has 1 aliphatic heterocycles. The van der Waals surface area contributed by atoms with E-state index in [0.29, 0.717) is 48.8 Å². The third-order valence-corrected chi connectivity index (χ3v) is 6.97. The third kappa shape index (κ3) is 4.10. The Bertz CT molecular complexity index is 883. The van der Waals surface area contributed by atoms with Gasteiger partial charge in [-0.3, -0.25) is 4.79 Å². The second-order valence-electron chi connectivity index (χ2n) is 6.42. The van der Waals surface area contributed by atoms with Crippen LogP contribution in [-0.2, 0) is 15.6 Å². The number of carbonyl (C=O) groups excluding carboxylic acids is 1. The van der Waals surface area contributed by atoms with Crippen molar-refractivity contribution in [3.8, 4) is 11.5 Å². The van der Waals surface area contributed by atoms with E-state index in [4.69, 9.17) is 13.9 Å². The number of likely N-dealkylation sites (tertiary alicyclic amines) is 1. The molecule has 0 radical (unpaired) electrons. The number of hydrogen-bond acceptors (Lipinski definition) is 6. The van der Waals surface area contributed by atoms with Crippen molar-refractivity contribution in [2.24, 2.45) is 0 Å². The fourth-order valence-electron chi connectivity index (χ4n) is 3.35. The Morgan fingerprint density at radius 1 is 1.15 bits per heavy atom. The van der Waals surface area contributed by atoms with Crippen molar-refractivity contribution >= 4 is 15.7 Å². The van der Waals surface area contributed by atoms with Gasteiger partial charge in [0.2, 0.25) is 0 Å². The van der Waals surface area contributed by atoms with Crippen LogP contribution in [0.1, 0.15) is 29.0 Å². The molecule has 1 aromatic heterocycles. The van der Waals surface area contributed by atoms with E-state index < -0.39 is 15.1 Å². The van der Waals surface area contributed by atoms with E-state index in [0.717, 1.165) is 0 Å². The van der Waals surface area contributed by atoms with Crippen LogP contribution in [-0.4, -0.2) is 51.8 Å². The molecule has 0 atom stereocenters. The first-order valence-corrected chi connectivity index (χ1v) is 10.4. The van der Waals surface area contributed by atoms with E-state index in [-0.39, 0.29) is 11.7 Å². The first-order valence-electron chi connectivity index (χ1n) is 8.70. The Morgan fingerprint density at radius 3 is 2.48 bits per heavy atom. The highest BCUT2D eigenvalue weighted by molar-refractivity contribution is 7.91. The summed E-state index contributed by atoms with van der Waals surface area (Å²) in [6.45, 7) is 0.752. The lowest BCUT2D eigenvalue weighted by Gasteiger charge is -2.32. The lowest BCUT2D eigenvalue weighted by molar-refractivity contribution is 0.0721. The van der Waals surface area contributed by atoms with Gasteiger partial charge in [-0.05, 0) is 37.1 Å². The summed E-state index contributed by atoms with van der Waals surface area (Å²) >= 11 is 0. The average Bonchev–Trinajstić information content (AvgIpc) is 3.19. The Labute approximate surface area is 158 Å². The van der Waals surface area contributed by atoms with Crippen molar-refractivity contribution in [3.05, 3.63) is 47.9 Å². The number of piperidine rings is 1. The van der Waals surface area contributed by atoms with Crippen LogP contribution in [0.15, 0.2) is 41.0 Å². The van der Waals surface area contributed by atoms with Crippen LogP contribution < -0.4 is 9.47 Å². The Hall–Kier alpha value is -2.48. The molecule has 27 heavy (non-hydrogen) atoms. The summed E-state index contributed by atoms with van der Waals surface area (Å²) < 4.78 is 40.9. The zero-order valence-corrected chi connectivity index (χ0v) is 16.2. The molecule has 0 saturated carbocycles.